The monoisotopic (exact) mass is 310 g/mol. The van der Waals surface area contributed by atoms with E-state index in [0.29, 0.717) is 5.39 Å². The van der Waals surface area contributed by atoms with Gasteiger partial charge in [0, 0.05) is 5.39 Å². The van der Waals surface area contributed by atoms with Crippen LogP contribution in [0.3, 0.4) is 0 Å². The third-order valence-electron chi connectivity index (χ3n) is 4.82. The predicted octanol–water partition coefficient (Wildman–Crippen LogP) is 5.71. The van der Waals surface area contributed by atoms with E-state index in [9.17, 15) is 10.2 Å². The van der Waals surface area contributed by atoms with Gasteiger partial charge in [-0.05, 0) is 62.0 Å². The zero-order valence-electron chi connectivity index (χ0n) is 12.8. The fourth-order valence-electron chi connectivity index (χ4n) is 3.70. The molecule has 0 bridgehead atoms. The number of fused-ring (bicyclic) bond motifs is 7. The van der Waals surface area contributed by atoms with Crippen molar-refractivity contribution in [2.75, 3.05) is 0 Å². The summed E-state index contributed by atoms with van der Waals surface area (Å²) >= 11 is 0. The van der Waals surface area contributed by atoms with Gasteiger partial charge in [0.05, 0.1) is 0 Å². The normalized spacial score (nSPS) is 11.7. The summed E-state index contributed by atoms with van der Waals surface area (Å²) in [5.41, 5.74) is 0. The molecular formula is C22H14O2. The largest absolute Gasteiger partial charge is 0.504 e. The standard InChI is InChI=1S/C22H14O2/c23-20-10-9-17-15-7-3-4-8-16(15)18-11-13-5-1-2-6-14(13)12-19(18)21(17)22(20)24/h1-12,23-24H. The van der Waals surface area contributed by atoms with E-state index in [1.165, 1.54) is 0 Å². The third-order valence-corrected chi connectivity index (χ3v) is 4.82. The highest BCUT2D eigenvalue weighted by atomic mass is 16.3. The molecule has 0 amide bonds. The topological polar surface area (TPSA) is 40.5 Å². The molecular weight excluding hydrogens is 296 g/mol. The third kappa shape index (κ3) is 1.65. The zero-order chi connectivity index (χ0) is 16.3. The molecule has 0 aliphatic rings. The Bertz CT molecular complexity index is 1270. The number of rotatable bonds is 0. The maximum atomic E-state index is 10.5. The van der Waals surface area contributed by atoms with E-state index < -0.39 is 0 Å². The smallest absolute Gasteiger partial charge is 0.166 e. The van der Waals surface area contributed by atoms with E-state index in [0.717, 1.165) is 37.7 Å². The molecule has 0 heterocycles. The summed E-state index contributed by atoms with van der Waals surface area (Å²) in [4.78, 5) is 0. The van der Waals surface area contributed by atoms with Crippen molar-refractivity contribution in [3.63, 3.8) is 0 Å². The van der Waals surface area contributed by atoms with Crippen LogP contribution >= 0.6 is 0 Å². The molecule has 0 aromatic heterocycles. The molecule has 5 aromatic rings. The molecule has 5 aromatic carbocycles. The molecule has 2 nitrogen and oxygen atoms in total. The van der Waals surface area contributed by atoms with Crippen LogP contribution in [0.15, 0.2) is 72.8 Å². The van der Waals surface area contributed by atoms with Gasteiger partial charge in [-0.1, -0.05) is 48.5 Å². The molecule has 2 N–H and O–H groups in total. The van der Waals surface area contributed by atoms with Crippen LogP contribution in [-0.4, -0.2) is 10.2 Å². The van der Waals surface area contributed by atoms with Gasteiger partial charge < -0.3 is 10.2 Å². The summed E-state index contributed by atoms with van der Waals surface area (Å²) in [6, 6.07) is 24.1. The molecule has 0 radical (unpaired) electrons. The van der Waals surface area contributed by atoms with Gasteiger partial charge in [-0.15, -0.1) is 0 Å². The van der Waals surface area contributed by atoms with Gasteiger partial charge in [0.15, 0.2) is 11.5 Å². The summed E-state index contributed by atoms with van der Waals surface area (Å²) in [6.07, 6.45) is 0. The Morgan fingerprint density at radius 2 is 1.08 bits per heavy atom. The lowest BCUT2D eigenvalue weighted by molar-refractivity contribution is 0.408. The molecule has 0 unspecified atom stereocenters. The van der Waals surface area contributed by atoms with Crippen molar-refractivity contribution in [3.8, 4) is 11.5 Å². The zero-order valence-corrected chi connectivity index (χ0v) is 12.8. The van der Waals surface area contributed by atoms with E-state index in [4.69, 9.17) is 0 Å². The molecule has 0 aliphatic carbocycles. The predicted molar refractivity (Wildman–Crippen MR) is 99.8 cm³/mol. The first-order valence-corrected chi connectivity index (χ1v) is 7.92. The van der Waals surface area contributed by atoms with Gasteiger partial charge in [0.2, 0.25) is 0 Å². The van der Waals surface area contributed by atoms with Gasteiger partial charge in [-0.2, -0.15) is 0 Å². The van der Waals surface area contributed by atoms with Gasteiger partial charge >= 0.3 is 0 Å². The Labute approximate surface area is 138 Å². The molecule has 0 saturated carbocycles. The maximum Gasteiger partial charge on any atom is 0.166 e. The number of hydrogen-bond acceptors (Lipinski definition) is 2. The Morgan fingerprint density at radius 1 is 0.500 bits per heavy atom. The van der Waals surface area contributed by atoms with Gasteiger partial charge in [-0.25, -0.2) is 0 Å². The molecule has 0 saturated heterocycles. The molecule has 0 spiro atoms. The second kappa shape index (κ2) is 4.62. The van der Waals surface area contributed by atoms with Gasteiger partial charge in [0.25, 0.3) is 0 Å². The van der Waals surface area contributed by atoms with E-state index in [1.807, 2.05) is 30.3 Å². The van der Waals surface area contributed by atoms with Crippen LogP contribution in [0.2, 0.25) is 0 Å². The van der Waals surface area contributed by atoms with Crippen molar-refractivity contribution in [1.29, 1.82) is 0 Å². The Hall–Kier alpha value is -3.26. The van der Waals surface area contributed by atoms with Crippen LogP contribution in [0.5, 0.6) is 11.5 Å². The lowest BCUT2D eigenvalue weighted by Crippen LogP contribution is -1.85. The summed E-state index contributed by atoms with van der Waals surface area (Å²) in [5.74, 6) is -0.147. The minimum Gasteiger partial charge on any atom is -0.504 e. The van der Waals surface area contributed by atoms with Gasteiger partial charge in [0.1, 0.15) is 0 Å². The minimum absolute atomic E-state index is 0.0569. The van der Waals surface area contributed by atoms with Crippen LogP contribution in [-0.2, 0) is 0 Å². The van der Waals surface area contributed by atoms with E-state index >= 15 is 0 Å². The number of phenolic OH excluding ortho intramolecular Hbond substituents is 2. The summed E-state index contributed by atoms with van der Waals surface area (Å²) in [6.45, 7) is 0. The summed E-state index contributed by atoms with van der Waals surface area (Å²) in [5, 5.41) is 28.7. The van der Waals surface area contributed by atoms with Crippen LogP contribution < -0.4 is 0 Å². The first kappa shape index (κ1) is 13.2. The van der Waals surface area contributed by atoms with Crippen molar-refractivity contribution in [3.05, 3.63) is 72.8 Å². The Kier molecular flexibility index (Phi) is 2.54. The van der Waals surface area contributed by atoms with Crippen LogP contribution in [0, 0.1) is 0 Å². The van der Waals surface area contributed by atoms with E-state index in [2.05, 4.69) is 36.4 Å². The molecule has 0 fully saturated rings. The quantitative estimate of drug-likeness (QED) is 0.218. The van der Waals surface area contributed by atoms with Crippen molar-refractivity contribution < 1.29 is 10.2 Å². The highest BCUT2D eigenvalue weighted by Crippen LogP contribution is 2.43. The first-order chi connectivity index (χ1) is 11.7. The lowest BCUT2D eigenvalue weighted by Gasteiger charge is -2.13. The van der Waals surface area contributed by atoms with Crippen molar-refractivity contribution in [2.45, 2.75) is 0 Å². The molecule has 0 atom stereocenters. The summed E-state index contributed by atoms with van der Waals surface area (Å²) in [7, 11) is 0. The lowest BCUT2D eigenvalue weighted by atomic mass is 9.92. The van der Waals surface area contributed by atoms with Crippen LogP contribution in [0.1, 0.15) is 0 Å². The number of phenols is 2. The SMILES string of the molecule is Oc1ccc2c3ccccc3c3cc4ccccc4cc3c2c1O. The van der Waals surface area contributed by atoms with E-state index in [1.54, 1.807) is 6.07 Å². The second-order valence-electron chi connectivity index (χ2n) is 6.15. The van der Waals surface area contributed by atoms with Crippen molar-refractivity contribution in [2.24, 2.45) is 0 Å². The number of aromatic hydroxyl groups is 2. The summed E-state index contributed by atoms with van der Waals surface area (Å²) < 4.78 is 0. The highest BCUT2D eigenvalue weighted by molar-refractivity contribution is 6.28. The molecule has 114 valence electrons. The van der Waals surface area contributed by atoms with Crippen LogP contribution in [0.25, 0.3) is 43.1 Å². The average Bonchev–Trinajstić information content (AvgIpc) is 2.63. The molecule has 0 aliphatic heterocycles. The molecule has 2 heteroatoms. The maximum absolute atomic E-state index is 10.5. The number of benzene rings is 5. The fraction of sp³-hybridized carbons (Fsp3) is 0. The van der Waals surface area contributed by atoms with Crippen LogP contribution in [0.4, 0.5) is 0 Å². The van der Waals surface area contributed by atoms with Crippen molar-refractivity contribution >= 4 is 43.1 Å². The molecule has 24 heavy (non-hydrogen) atoms. The molecule has 5 rings (SSSR count). The Balaban J connectivity index is 2.19. The Morgan fingerprint density at radius 3 is 1.79 bits per heavy atom. The van der Waals surface area contributed by atoms with E-state index in [-0.39, 0.29) is 11.5 Å². The van der Waals surface area contributed by atoms with Crippen molar-refractivity contribution in [1.82, 2.24) is 0 Å². The van der Waals surface area contributed by atoms with Gasteiger partial charge in [-0.3, -0.25) is 0 Å². The number of hydrogen-bond donors (Lipinski definition) is 2. The fourth-order valence-corrected chi connectivity index (χ4v) is 3.70. The highest BCUT2D eigenvalue weighted by Gasteiger charge is 2.14. The first-order valence-electron chi connectivity index (χ1n) is 7.92. The second-order valence-corrected chi connectivity index (χ2v) is 6.15. The average molecular weight is 310 g/mol. The minimum atomic E-state index is -0.0905.